The van der Waals surface area contributed by atoms with Crippen LogP contribution in [0.15, 0.2) is 18.2 Å². The SMILES string of the molecule is CC(C)(Oc1ccc2c(c1)CCC2)C(=O)N1CCOC[C@H](CO)C1. The van der Waals surface area contributed by atoms with Crippen LogP contribution in [0, 0.1) is 5.92 Å². The molecule has 1 N–H and O–H groups in total. The summed E-state index contributed by atoms with van der Waals surface area (Å²) in [7, 11) is 0. The molecule has 1 aromatic carbocycles. The summed E-state index contributed by atoms with van der Waals surface area (Å²) in [6.45, 7) is 5.67. The van der Waals surface area contributed by atoms with Gasteiger partial charge in [-0.15, -0.1) is 0 Å². The molecule has 1 aliphatic heterocycles. The summed E-state index contributed by atoms with van der Waals surface area (Å²) in [5.74, 6) is 0.651. The second-order valence-corrected chi connectivity index (χ2v) is 7.27. The molecule has 24 heavy (non-hydrogen) atoms. The summed E-state index contributed by atoms with van der Waals surface area (Å²) < 4.78 is 11.5. The molecule has 0 spiro atoms. The lowest BCUT2D eigenvalue weighted by molar-refractivity contribution is -0.146. The van der Waals surface area contributed by atoms with Crippen molar-refractivity contribution in [2.75, 3.05) is 32.9 Å². The van der Waals surface area contributed by atoms with E-state index < -0.39 is 5.60 Å². The molecule has 0 unspecified atom stereocenters. The molecule has 1 saturated heterocycles. The number of fused-ring (bicyclic) bond motifs is 1. The average molecular weight is 333 g/mol. The third kappa shape index (κ3) is 3.73. The fourth-order valence-electron chi connectivity index (χ4n) is 3.51. The van der Waals surface area contributed by atoms with E-state index in [-0.39, 0.29) is 18.4 Å². The highest BCUT2D eigenvalue weighted by Crippen LogP contribution is 2.28. The maximum Gasteiger partial charge on any atom is 0.266 e. The minimum Gasteiger partial charge on any atom is -0.478 e. The number of benzene rings is 1. The number of aryl methyl sites for hydroxylation is 2. The van der Waals surface area contributed by atoms with Gasteiger partial charge in [0.1, 0.15) is 5.75 Å². The summed E-state index contributed by atoms with van der Waals surface area (Å²) in [5.41, 5.74) is 1.78. The third-order valence-corrected chi connectivity index (χ3v) is 4.84. The highest BCUT2D eigenvalue weighted by molar-refractivity contribution is 5.85. The third-order valence-electron chi connectivity index (χ3n) is 4.84. The van der Waals surface area contributed by atoms with E-state index in [0.717, 1.165) is 18.6 Å². The van der Waals surface area contributed by atoms with Crippen molar-refractivity contribution in [3.63, 3.8) is 0 Å². The maximum atomic E-state index is 12.9. The Kier molecular flexibility index (Phi) is 5.11. The Morgan fingerprint density at radius 3 is 2.96 bits per heavy atom. The second kappa shape index (κ2) is 7.11. The lowest BCUT2D eigenvalue weighted by Gasteiger charge is -2.32. The van der Waals surface area contributed by atoms with Gasteiger partial charge < -0.3 is 19.5 Å². The molecule has 5 heteroatoms. The highest BCUT2D eigenvalue weighted by Gasteiger charge is 2.36. The first-order chi connectivity index (χ1) is 11.5. The fraction of sp³-hybridized carbons (Fsp3) is 0.632. The Morgan fingerprint density at radius 2 is 2.17 bits per heavy atom. The van der Waals surface area contributed by atoms with Crippen LogP contribution in [0.4, 0.5) is 0 Å². The normalized spacial score (nSPS) is 21.3. The van der Waals surface area contributed by atoms with Crippen molar-refractivity contribution >= 4 is 5.91 Å². The largest absolute Gasteiger partial charge is 0.478 e. The fourth-order valence-corrected chi connectivity index (χ4v) is 3.51. The maximum absolute atomic E-state index is 12.9. The molecular formula is C19H27NO4. The molecule has 3 rings (SSSR count). The molecule has 0 radical (unpaired) electrons. The summed E-state index contributed by atoms with van der Waals surface area (Å²) in [6.07, 6.45) is 3.41. The Balaban J connectivity index is 1.70. The number of ether oxygens (including phenoxy) is 2. The summed E-state index contributed by atoms with van der Waals surface area (Å²) in [4.78, 5) is 14.7. The molecule has 1 heterocycles. The van der Waals surface area contributed by atoms with Gasteiger partial charge in [-0.2, -0.15) is 0 Å². The van der Waals surface area contributed by atoms with Crippen LogP contribution in [0.2, 0.25) is 0 Å². The van der Waals surface area contributed by atoms with Crippen LogP contribution in [-0.2, 0) is 22.4 Å². The summed E-state index contributed by atoms with van der Waals surface area (Å²) in [6, 6.07) is 6.14. The van der Waals surface area contributed by atoms with E-state index in [4.69, 9.17) is 9.47 Å². The molecule has 1 fully saturated rings. The van der Waals surface area contributed by atoms with Crippen molar-refractivity contribution in [1.29, 1.82) is 0 Å². The van der Waals surface area contributed by atoms with Gasteiger partial charge in [-0.25, -0.2) is 0 Å². The minimum atomic E-state index is -0.947. The van der Waals surface area contributed by atoms with Gasteiger partial charge in [0.15, 0.2) is 5.60 Å². The topological polar surface area (TPSA) is 59.0 Å². The lowest BCUT2D eigenvalue weighted by atomic mass is 10.1. The number of carbonyl (C=O) groups is 1. The van der Waals surface area contributed by atoms with E-state index in [1.54, 1.807) is 4.90 Å². The first kappa shape index (κ1) is 17.2. The second-order valence-electron chi connectivity index (χ2n) is 7.27. The van der Waals surface area contributed by atoms with Crippen LogP contribution in [0.25, 0.3) is 0 Å². The van der Waals surface area contributed by atoms with Gasteiger partial charge in [0.05, 0.1) is 13.2 Å². The van der Waals surface area contributed by atoms with E-state index in [9.17, 15) is 9.90 Å². The Labute approximate surface area is 143 Å². The molecule has 0 bridgehead atoms. The van der Waals surface area contributed by atoms with Crippen LogP contribution in [0.3, 0.4) is 0 Å². The van der Waals surface area contributed by atoms with Crippen LogP contribution >= 0.6 is 0 Å². The predicted molar refractivity (Wildman–Crippen MR) is 91.1 cm³/mol. The number of rotatable bonds is 4. The van der Waals surface area contributed by atoms with Gasteiger partial charge in [0.25, 0.3) is 5.91 Å². The summed E-state index contributed by atoms with van der Waals surface area (Å²) in [5, 5.41) is 9.39. The Hall–Kier alpha value is -1.59. The van der Waals surface area contributed by atoms with Crippen molar-refractivity contribution < 1.29 is 19.4 Å². The van der Waals surface area contributed by atoms with Gasteiger partial charge in [-0.1, -0.05) is 6.07 Å². The van der Waals surface area contributed by atoms with Crippen molar-refractivity contribution in [1.82, 2.24) is 4.90 Å². The molecular weight excluding hydrogens is 306 g/mol. The Bertz CT molecular complexity index is 599. The number of amides is 1. The highest BCUT2D eigenvalue weighted by atomic mass is 16.5. The van der Waals surface area contributed by atoms with Gasteiger partial charge in [0, 0.05) is 25.6 Å². The van der Waals surface area contributed by atoms with Gasteiger partial charge in [-0.3, -0.25) is 4.79 Å². The molecule has 2 aliphatic rings. The standard InChI is InChI=1S/C19H27NO4/c1-19(2,18(22)20-8-9-23-13-14(11-20)12-21)24-17-7-6-15-4-3-5-16(15)10-17/h6-7,10,14,21H,3-5,8-9,11-13H2,1-2H3/t14-/m0/s1. The van der Waals surface area contributed by atoms with Gasteiger partial charge in [0.2, 0.25) is 0 Å². The molecule has 1 aliphatic carbocycles. The van der Waals surface area contributed by atoms with Crippen LogP contribution in [0.1, 0.15) is 31.4 Å². The number of hydrogen-bond acceptors (Lipinski definition) is 4. The summed E-state index contributed by atoms with van der Waals surface area (Å²) >= 11 is 0. The molecule has 1 aromatic rings. The van der Waals surface area contributed by atoms with E-state index in [0.29, 0.717) is 26.3 Å². The van der Waals surface area contributed by atoms with E-state index in [1.165, 1.54) is 17.5 Å². The predicted octanol–water partition coefficient (Wildman–Crippen LogP) is 1.80. The first-order valence-corrected chi connectivity index (χ1v) is 8.78. The van der Waals surface area contributed by atoms with E-state index in [2.05, 4.69) is 12.1 Å². The number of hydrogen-bond donors (Lipinski definition) is 1. The quantitative estimate of drug-likeness (QED) is 0.913. The van der Waals surface area contributed by atoms with Crippen molar-refractivity contribution in [2.24, 2.45) is 5.92 Å². The minimum absolute atomic E-state index is 0.0237. The zero-order chi connectivity index (χ0) is 17.2. The molecule has 1 atom stereocenters. The van der Waals surface area contributed by atoms with Crippen molar-refractivity contribution in [3.8, 4) is 5.75 Å². The number of carbonyl (C=O) groups excluding carboxylic acids is 1. The van der Waals surface area contributed by atoms with Crippen LogP contribution in [0.5, 0.6) is 5.75 Å². The number of aliphatic hydroxyl groups is 1. The monoisotopic (exact) mass is 333 g/mol. The smallest absolute Gasteiger partial charge is 0.266 e. The van der Waals surface area contributed by atoms with Crippen LogP contribution < -0.4 is 4.74 Å². The van der Waals surface area contributed by atoms with E-state index in [1.807, 2.05) is 19.9 Å². The van der Waals surface area contributed by atoms with Crippen molar-refractivity contribution in [3.05, 3.63) is 29.3 Å². The zero-order valence-corrected chi connectivity index (χ0v) is 14.6. The molecule has 5 nitrogen and oxygen atoms in total. The van der Waals surface area contributed by atoms with Crippen molar-refractivity contribution in [2.45, 2.75) is 38.7 Å². The molecule has 0 saturated carbocycles. The molecule has 132 valence electrons. The molecule has 0 aromatic heterocycles. The zero-order valence-electron chi connectivity index (χ0n) is 14.6. The first-order valence-electron chi connectivity index (χ1n) is 8.78. The number of nitrogens with zero attached hydrogens (tertiary/aromatic N) is 1. The van der Waals surface area contributed by atoms with Gasteiger partial charge >= 0.3 is 0 Å². The molecule has 1 amide bonds. The lowest BCUT2D eigenvalue weighted by Crippen LogP contribution is -2.50. The van der Waals surface area contributed by atoms with Gasteiger partial charge in [-0.05, 0) is 56.4 Å². The number of aliphatic hydroxyl groups excluding tert-OH is 1. The Morgan fingerprint density at radius 1 is 1.38 bits per heavy atom. The van der Waals surface area contributed by atoms with Crippen LogP contribution in [-0.4, -0.2) is 54.4 Å². The van der Waals surface area contributed by atoms with E-state index >= 15 is 0 Å². The average Bonchev–Trinajstić information content (AvgIpc) is 2.89.